The third-order valence-corrected chi connectivity index (χ3v) is 10.6. The fraction of sp³-hybridized carbons (Fsp3) is 0. The van der Waals surface area contributed by atoms with E-state index in [1.54, 1.807) is 0 Å². The van der Waals surface area contributed by atoms with Crippen molar-refractivity contribution in [3.8, 4) is 56.9 Å². The highest BCUT2D eigenvalue weighted by Gasteiger charge is 2.19. The predicted octanol–water partition coefficient (Wildman–Crippen LogP) is 12.6. The summed E-state index contributed by atoms with van der Waals surface area (Å²) in [5.41, 5.74) is 13.2. The van der Waals surface area contributed by atoms with Gasteiger partial charge in [0.05, 0.1) is 45.3 Å². The Balaban J connectivity index is 1.09. The van der Waals surface area contributed by atoms with Gasteiger partial charge in [-0.3, -0.25) is 0 Å². The molecule has 0 spiro atoms. The summed E-state index contributed by atoms with van der Waals surface area (Å²) in [5, 5.41) is 25.7. The topological polar surface area (TPSA) is 57.4 Å². The van der Waals surface area contributed by atoms with Crippen LogP contribution in [0.15, 0.2) is 182 Å². The Hall–Kier alpha value is -7.66. The average molecular weight is 687 g/mol. The minimum Gasteiger partial charge on any atom is -0.309 e. The molecule has 10 aromatic rings. The van der Waals surface area contributed by atoms with Gasteiger partial charge in [-0.2, -0.15) is 10.5 Å². The lowest BCUT2D eigenvalue weighted by atomic mass is 9.95. The number of hydrogen-bond donors (Lipinski definition) is 0. The summed E-state index contributed by atoms with van der Waals surface area (Å²) in [6.45, 7) is 0. The monoisotopic (exact) mass is 686 g/mol. The van der Waals surface area contributed by atoms with Crippen LogP contribution in [0.4, 0.5) is 0 Å². The van der Waals surface area contributed by atoms with Gasteiger partial charge in [0.2, 0.25) is 0 Å². The van der Waals surface area contributed by atoms with Crippen LogP contribution < -0.4 is 0 Å². The number of fused-ring (bicyclic) bond motifs is 6. The molecule has 0 aliphatic heterocycles. The second-order valence-electron chi connectivity index (χ2n) is 13.6. The van der Waals surface area contributed by atoms with E-state index in [1.807, 2.05) is 36.4 Å². The van der Waals surface area contributed by atoms with E-state index in [4.69, 9.17) is 0 Å². The molecule has 4 heteroatoms. The van der Waals surface area contributed by atoms with Crippen LogP contribution >= 0.6 is 0 Å². The zero-order valence-electron chi connectivity index (χ0n) is 29.1. The van der Waals surface area contributed by atoms with Crippen molar-refractivity contribution in [1.82, 2.24) is 9.13 Å². The highest BCUT2D eigenvalue weighted by Crippen LogP contribution is 2.39. The molecule has 0 bridgehead atoms. The number of para-hydroxylation sites is 2. The highest BCUT2D eigenvalue weighted by atomic mass is 15.0. The molecule has 54 heavy (non-hydrogen) atoms. The Labute approximate surface area is 312 Å². The minimum absolute atomic E-state index is 0.508. The van der Waals surface area contributed by atoms with Crippen LogP contribution in [-0.4, -0.2) is 9.13 Å². The Morgan fingerprint density at radius 3 is 1.13 bits per heavy atom. The smallest absolute Gasteiger partial charge is 0.0998 e. The number of benzene rings is 8. The summed E-state index contributed by atoms with van der Waals surface area (Å²) in [6.07, 6.45) is 0. The second kappa shape index (κ2) is 12.5. The van der Waals surface area contributed by atoms with Crippen molar-refractivity contribution in [2.45, 2.75) is 0 Å². The molecule has 0 aliphatic rings. The molecule has 0 aliphatic carbocycles. The molecular formula is C50H30N4. The maximum absolute atomic E-state index is 10.6. The Kier molecular flexibility index (Phi) is 7.22. The second-order valence-corrected chi connectivity index (χ2v) is 13.6. The van der Waals surface area contributed by atoms with Crippen LogP contribution in [0.1, 0.15) is 11.1 Å². The van der Waals surface area contributed by atoms with Gasteiger partial charge in [-0.1, -0.05) is 121 Å². The Morgan fingerprint density at radius 1 is 0.315 bits per heavy atom. The fourth-order valence-electron chi connectivity index (χ4n) is 8.12. The molecule has 0 saturated carbocycles. The van der Waals surface area contributed by atoms with E-state index < -0.39 is 0 Å². The molecular weight excluding hydrogens is 657 g/mol. The summed E-state index contributed by atoms with van der Waals surface area (Å²) in [6, 6.07) is 67.7. The number of rotatable bonds is 5. The standard InChI is InChI=1S/C50H30N4/c51-31-37-27-39(53-47-17-9-7-15-43(47)45-29-35(19-25-49(45)53)33-11-3-1-4-12-33)21-23-41(37)42-24-22-40(28-38(42)32-52)54-48-18-10-8-16-44(48)46-30-36(20-26-50(46)54)34-13-5-2-6-14-34/h1-30H. The molecule has 4 nitrogen and oxygen atoms in total. The minimum atomic E-state index is 0.508. The van der Waals surface area contributed by atoms with Crippen LogP contribution in [0.5, 0.6) is 0 Å². The van der Waals surface area contributed by atoms with Gasteiger partial charge in [-0.05, 0) is 82.9 Å². The van der Waals surface area contributed by atoms with Gasteiger partial charge in [0.15, 0.2) is 0 Å². The van der Waals surface area contributed by atoms with E-state index in [1.165, 1.54) is 11.1 Å². The van der Waals surface area contributed by atoms with Gasteiger partial charge in [-0.15, -0.1) is 0 Å². The molecule has 250 valence electrons. The van der Waals surface area contributed by atoms with E-state index in [0.29, 0.717) is 11.1 Å². The lowest BCUT2D eigenvalue weighted by molar-refractivity contribution is 1.17. The van der Waals surface area contributed by atoms with Crippen LogP contribution in [-0.2, 0) is 0 Å². The first-order valence-corrected chi connectivity index (χ1v) is 18.0. The highest BCUT2D eigenvalue weighted by molar-refractivity contribution is 6.11. The zero-order valence-corrected chi connectivity index (χ0v) is 29.1. The van der Waals surface area contributed by atoms with Crippen molar-refractivity contribution in [1.29, 1.82) is 10.5 Å². The third kappa shape index (κ3) is 4.90. The van der Waals surface area contributed by atoms with Crippen LogP contribution in [0.2, 0.25) is 0 Å². The summed E-state index contributed by atoms with van der Waals surface area (Å²) in [7, 11) is 0. The first-order valence-electron chi connectivity index (χ1n) is 18.0. The molecule has 0 amide bonds. The summed E-state index contributed by atoms with van der Waals surface area (Å²) < 4.78 is 4.45. The average Bonchev–Trinajstić information content (AvgIpc) is 3.76. The van der Waals surface area contributed by atoms with Crippen LogP contribution in [0.3, 0.4) is 0 Å². The molecule has 0 saturated heterocycles. The number of hydrogen-bond acceptors (Lipinski definition) is 2. The van der Waals surface area contributed by atoms with E-state index in [0.717, 1.165) is 77.2 Å². The van der Waals surface area contributed by atoms with Crippen molar-refractivity contribution in [3.05, 3.63) is 193 Å². The van der Waals surface area contributed by atoms with Crippen molar-refractivity contribution in [2.75, 3.05) is 0 Å². The molecule has 0 fully saturated rings. The van der Waals surface area contributed by atoms with E-state index in [9.17, 15) is 10.5 Å². The van der Waals surface area contributed by atoms with Gasteiger partial charge in [0.25, 0.3) is 0 Å². The molecule has 0 unspecified atom stereocenters. The van der Waals surface area contributed by atoms with Gasteiger partial charge >= 0.3 is 0 Å². The van der Waals surface area contributed by atoms with Crippen LogP contribution in [0, 0.1) is 22.7 Å². The van der Waals surface area contributed by atoms with E-state index >= 15 is 0 Å². The summed E-state index contributed by atoms with van der Waals surface area (Å²) in [4.78, 5) is 0. The van der Waals surface area contributed by atoms with Crippen molar-refractivity contribution in [2.24, 2.45) is 0 Å². The Morgan fingerprint density at radius 2 is 0.704 bits per heavy atom. The molecule has 2 heterocycles. The number of nitriles is 2. The van der Waals surface area contributed by atoms with Gasteiger partial charge < -0.3 is 9.13 Å². The number of nitrogens with zero attached hydrogens (tertiary/aromatic N) is 4. The first kappa shape index (κ1) is 31.1. The third-order valence-electron chi connectivity index (χ3n) is 10.6. The lowest BCUT2D eigenvalue weighted by Gasteiger charge is -2.14. The van der Waals surface area contributed by atoms with Crippen molar-refractivity contribution < 1.29 is 0 Å². The molecule has 0 N–H and O–H groups in total. The van der Waals surface area contributed by atoms with Gasteiger partial charge in [0, 0.05) is 44.0 Å². The molecule has 8 aromatic carbocycles. The zero-order chi connectivity index (χ0) is 36.2. The largest absolute Gasteiger partial charge is 0.309 e. The molecule has 2 aromatic heterocycles. The summed E-state index contributed by atoms with van der Waals surface area (Å²) in [5.74, 6) is 0. The normalized spacial score (nSPS) is 11.3. The van der Waals surface area contributed by atoms with Gasteiger partial charge in [-0.25, -0.2) is 0 Å². The number of aromatic nitrogens is 2. The maximum atomic E-state index is 10.6. The molecule has 10 rings (SSSR count). The first-order chi connectivity index (χ1) is 26.7. The lowest BCUT2D eigenvalue weighted by Crippen LogP contribution is -1.98. The maximum Gasteiger partial charge on any atom is 0.0998 e. The van der Waals surface area contributed by atoms with Gasteiger partial charge in [0.1, 0.15) is 0 Å². The predicted molar refractivity (Wildman–Crippen MR) is 221 cm³/mol. The summed E-state index contributed by atoms with van der Waals surface area (Å²) >= 11 is 0. The Bertz CT molecular complexity index is 2950. The van der Waals surface area contributed by atoms with Crippen LogP contribution in [0.25, 0.3) is 88.4 Å². The molecule has 0 radical (unpaired) electrons. The van der Waals surface area contributed by atoms with Crippen molar-refractivity contribution in [3.63, 3.8) is 0 Å². The van der Waals surface area contributed by atoms with E-state index in [-0.39, 0.29) is 0 Å². The van der Waals surface area contributed by atoms with Crippen molar-refractivity contribution >= 4 is 43.6 Å². The quantitative estimate of drug-likeness (QED) is 0.181. The fourth-order valence-corrected chi connectivity index (χ4v) is 8.12. The molecule has 0 atom stereocenters. The SMILES string of the molecule is N#Cc1cc(-n2c3ccccc3c3cc(-c4ccccc4)ccc32)ccc1-c1ccc(-n2c3ccccc3c3cc(-c4ccccc4)ccc32)cc1C#N. The van der Waals surface area contributed by atoms with E-state index in [2.05, 4.69) is 167 Å².